The zero-order valence-corrected chi connectivity index (χ0v) is 15.8. The van der Waals surface area contributed by atoms with Gasteiger partial charge in [-0.05, 0) is 42.0 Å². The summed E-state index contributed by atoms with van der Waals surface area (Å²) >= 11 is 0. The first kappa shape index (κ1) is 19.8. The van der Waals surface area contributed by atoms with Crippen molar-refractivity contribution >= 4 is 17.6 Å². The highest BCUT2D eigenvalue weighted by Gasteiger charge is 2.22. The highest BCUT2D eigenvalue weighted by Crippen LogP contribution is 2.17. The molecule has 0 radical (unpaired) electrons. The minimum atomic E-state index is -0.526. The summed E-state index contributed by atoms with van der Waals surface area (Å²) in [5, 5.41) is 0. The van der Waals surface area contributed by atoms with E-state index in [9.17, 15) is 14.0 Å². The van der Waals surface area contributed by atoms with Gasteiger partial charge >= 0.3 is 5.97 Å². The second-order valence-electron chi connectivity index (χ2n) is 6.55. The quantitative estimate of drug-likeness (QED) is 0.714. The second kappa shape index (κ2) is 9.32. The Hall–Kier alpha value is -2.93. The molecule has 0 atom stereocenters. The summed E-state index contributed by atoms with van der Waals surface area (Å²) in [6.07, 6.45) is 0. The zero-order chi connectivity index (χ0) is 19.9. The van der Waals surface area contributed by atoms with Crippen LogP contribution in [0.5, 0.6) is 0 Å². The molecule has 2 aromatic rings. The molecule has 1 heterocycles. The number of ether oxygens (including phenoxy) is 2. The number of amides is 1. The van der Waals surface area contributed by atoms with Crippen LogP contribution in [0.1, 0.15) is 15.9 Å². The molecule has 1 saturated heterocycles. The molecule has 0 saturated carbocycles. The van der Waals surface area contributed by atoms with Gasteiger partial charge in [-0.25, -0.2) is 9.18 Å². The van der Waals surface area contributed by atoms with Gasteiger partial charge in [-0.3, -0.25) is 4.79 Å². The monoisotopic (exact) mass is 386 g/mol. The topological polar surface area (TPSA) is 59.1 Å². The lowest BCUT2D eigenvalue weighted by atomic mass is 10.1. The van der Waals surface area contributed by atoms with Crippen molar-refractivity contribution in [3.63, 3.8) is 0 Å². The first-order chi connectivity index (χ1) is 13.6. The van der Waals surface area contributed by atoms with Crippen molar-refractivity contribution in [2.45, 2.75) is 6.61 Å². The van der Waals surface area contributed by atoms with Gasteiger partial charge in [0.2, 0.25) is 0 Å². The van der Waals surface area contributed by atoms with Crippen molar-refractivity contribution < 1.29 is 23.5 Å². The van der Waals surface area contributed by atoms with Crippen LogP contribution < -0.4 is 4.90 Å². The number of anilines is 1. The number of halogens is 1. The van der Waals surface area contributed by atoms with Crippen LogP contribution in [0.2, 0.25) is 0 Å². The molecule has 148 valence electrons. The van der Waals surface area contributed by atoms with E-state index in [1.807, 2.05) is 0 Å². The van der Waals surface area contributed by atoms with Crippen molar-refractivity contribution in [3.8, 4) is 0 Å². The van der Waals surface area contributed by atoms with Gasteiger partial charge in [0, 0.05) is 39.0 Å². The summed E-state index contributed by atoms with van der Waals surface area (Å²) in [7, 11) is 1.60. The maximum atomic E-state index is 13.0. The van der Waals surface area contributed by atoms with Gasteiger partial charge in [-0.15, -0.1) is 0 Å². The second-order valence-corrected chi connectivity index (χ2v) is 6.55. The fraction of sp³-hybridized carbons (Fsp3) is 0.333. The van der Waals surface area contributed by atoms with Gasteiger partial charge in [0.05, 0.1) is 12.2 Å². The van der Waals surface area contributed by atoms with Crippen LogP contribution in [0.15, 0.2) is 48.5 Å². The number of esters is 1. The Balaban J connectivity index is 1.45. The Morgan fingerprint density at radius 3 is 2.21 bits per heavy atom. The van der Waals surface area contributed by atoms with E-state index in [0.29, 0.717) is 38.3 Å². The zero-order valence-electron chi connectivity index (χ0n) is 15.8. The molecule has 0 spiro atoms. The molecule has 1 fully saturated rings. The third-order valence-electron chi connectivity index (χ3n) is 4.65. The standard InChI is InChI=1S/C21H23FN2O4/c1-27-14-16-2-4-17(5-3-16)21(26)28-15-20(25)24-12-10-23(11-13-24)19-8-6-18(22)7-9-19/h2-9H,10-15H2,1H3. The molecule has 0 aromatic heterocycles. The van der Waals surface area contributed by atoms with Crippen molar-refractivity contribution in [1.29, 1.82) is 0 Å². The Morgan fingerprint density at radius 2 is 1.61 bits per heavy atom. The van der Waals surface area contributed by atoms with E-state index in [2.05, 4.69) is 4.90 Å². The molecule has 0 aliphatic carbocycles. The lowest BCUT2D eigenvalue weighted by Crippen LogP contribution is -2.49. The minimum absolute atomic E-state index is 0.219. The SMILES string of the molecule is COCc1ccc(C(=O)OCC(=O)N2CCN(c3ccc(F)cc3)CC2)cc1. The Bertz CT molecular complexity index is 800. The average molecular weight is 386 g/mol. The number of piperazine rings is 1. The maximum absolute atomic E-state index is 13.0. The lowest BCUT2D eigenvalue weighted by Gasteiger charge is -2.36. The number of hydrogen-bond donors (Lipinski definition) is 0. The van der Waals surface area contributed by atoms with Crippen molar-refractivity contribution in [1.82, 2.24) is 4.90 Å². The van der Waals surface area contributed by atoms with Crippen molar-refractivity contribution in [2.75, 3.05) is 44.8 Å². The third-order valence-corrected chi connectivity index (χ3v) is 4.65. The van der Waals surface area contributed by atoms with E-state index in [1.54, 1.807) is 48.4 Å². The number of carbonyl (C=O) groups is 2. The molecular formula is C21H23FN2O4. The van der Waals surface area contributed by atoms with Crippen LogP contribution in [0.3, 0.4) is 0 Å². The highest BCUT2D eigenvalue weighted by atomic mass is 19.1. The van der Waals surface area contributed by atoms with Crippen molar-refractivity contribution in [3.05, 3.63) is 65.5 Å². The molecule has 1 amide bonds. The number of benzene rings is 2. The van der Waals surface area contributed by atoms with Crippen LogP contribution in [0.25, 0.3) is 0 Å². The van der Waals surface area contributed by atoms with E-state index < -0.39 is 5.97 Å². The number of carbonyl (C=O) groups excluding carboxylic acids is 2. The van der Waals surface area contributed by atoms with Crippen molar-refractivity contribution in [2.24, 2.45) is 0 Å². The lowest BCUT2D eigenvalue weighted by molar-refractivity contribution is -0.134. The Morgan fingerprint density at radius 1 is 0.964 bits per heavy atom. The smallest absolute Gasteiger partial charge is 0.338 e. The van der Waals surface area contributed by atoms with E-state index in [0.717, 1.165) is 11.3 Å². The summed E-state index contributed by atoms with van der Waals surface area (Å²) in [6.45, 7) is 2.53. The normalized spacial score (nSPS) is 14.1. The predicted octanol–water partition coefficient (Wildman–Crippen LogP) is 2.48. The van der Waals surface area contributed by atoms with Crippen LogP contribution in [-0.4, -0.2) is 56.7 Å². The molecule has 6 nitrogen and oxygen atoms in total. The highest BCUT2D eigenvalue weighted by molar-refractivity contribution is 5.91. The fourth-order valence-corrected chi connectivity index (χ4v) is 3.07. The molecule has 2 aromatic carbocycles. The number of methoxy groups -OCH3 is 1. The predicted molar refractivity (Wildman–Crippen MR) is 103 cm³/mol. The fourth-order valence-electron chi connectivity index (χ4n) is 3.07. The number of rotatable bonds is 6. The molecule has 0 bridgehead atoms. The van der Waals surface area contributed by atoms with Crippen LogP contribution in [-0.2, 0) is 20.9 Å². The van der Waals surface area contributed by atoms with E-state index in [1.165, 1.54) is 12.1 Å². The maximum Gasteiger partial charge on any atom is 0.338 e. The Kier molecular flexibility index (Phi) is 6.60. The van der Waals surface area contributed by atoms with Gasteiger partial charge in [-0.1, -0.05) is 12.1 Å². The van der Waals surface area contributed by atoms with E-state index >= 15 is 0 Å². The minimum Gasteiger partial charge on any atom is -0.452 e. The van der Waals surface area contributed by atoms with Gasteiger partial charge in [0.1, 0.15) is 5.82 Å². The summed E-state index contributed by atoms with van der Waals surface area (Å²) in [5.74, 6) is -1.02. The first-order valence-corrected chi connectivity index (χ1v) is 9.10. The van der Waals surface area contributed by atoms with E-state index in [-0.39, 0.29) is 18.3 Å². The molecule has 1 aliphatic rings. The largest absolute Gasteiger partial charge is 0.452 e. The summed E-state index contributed by atoms with van der Waals surface area (Å²) in [6, 6.07) is 13.2. The first-order valence-electron chi connectivity index (χ1n) is 9.10. The molecule has 1 aliphatic heterocycles. The van der Waals surface area contributed by atoms with Gasteiger partial charge in [0.15, 0.2) is 6.61 Å². The summed E-state index contributed by atoms with van der Waals surface area (Å²) < 4.78 is 23.2. The van der Waals surface area contributed by atoms with E-state index in [4.69, 9.17) is 9.47 Å². The molecule has 28 heavy (non-hydrogen) atoms. The number of nitrogens with zero attached hydrogens (tertiary/aromatic N) is 2. The molecule has 7 heteroatoms. The van der Waals surface area contributed by atoms with Gasteiger partial charge in [0.25, 0.3) is 5.91 Å². The molecule has 0 unspecified atom stereocenters. The molecule has 0 N–H and O–H groups in total. The van der Waals surface area contributed by atoms with Gasteiger partial charge in [-0.2, -0.15) is 0 Å². The van der Waals surface area contributed by atoms with Crippen LogP contribution in [0, 0.1) is 5.82 Å². The molecular weight excluding hydrogens is 363 g/mol. The number of hydrogen-bond acceptors (Lipinski definition) is 5. The Labute approximate surface area is 163 Å². The van der Waals surface area contributed by atoms with Crippen LogP contribution in [0.4, 0.5) is 10.1 Å². The molecule has 3 rings (SSSR count). The third kappa shape index (κ3) is 5.07. The summed E-state index contributed by atoms with van der Waals surface area (Å²) in [5.41, 5.74) is 2.28. The van der Waals surface area contributed by atoms with Crippen LogP contribution >= 0.6 is 0 Å². The van der Waals surface area contributed by atoms with Gasteiger partial charge < -0.3 is 19.3 Å². The summed E-state index contributed by atoms with van der Waals surface area (Å²) in [4.78, 5) is 28.2. The average Bonchev–Trinajstić information content (AvgIpc) is 2.73.